The Morgan fingerprint density at radius 2 is 2.00 bits per heavy atom. The van der Waals surface area contributed by atoms with E-state index >= 15 is 0 Å². The molecule has 23 heavy (non-hydrogen) atoms. The van der Waals surface area contributed by atoms with Crippen LogP contribution in [0.4, 0.5) is 5.69 Å². The van der Waals surface area contributed by atoms with E-state index in [0.29, 0.717) is 13.0 Å². The zero-order chi connectivity index (χ0) is 17.2. The number of rotatable bonds is 10. The minimum Gasteiger partial charge on any atom is -0.465 e. The summed E-state index contributed by atoms with van der Waals surface area (Å²) in [5, 5.41) is 13.8. The van der Waals surface area contributed by atoms with Crippen molar-refractivity contribution in [2.45, 2.75) is 32.4 Å². The molecule has 0 bridgehead atoms. The van der Waals surface area contributed by atoms with E-state index in [2.05, 4.69) is 10.2 Å². The highest BCUT2D eigenvalue weighted by Gasteiger charge is 2.20. The summed E-state index contributed by atoms with van der Waals surface area (Å²) in [7, 11) is 1.40. The van der Waals surface area contributed by atoms with Gasteiger partial charge in [0.1, 0.15) is 6.04 Å². The fraction of sp³-hybridized carbons (Fsp3) is 0.533. The van der Waals surface area contributed by atoms with Gasteiger partial charge in [-0.1, -0.05) is 12.1 Å². The summed E-state index contributed by atoms with van der Waals surface area (Å²) < 4.78 is 4.95. The number of ether oxygens (including phenoxy) is 1. The number of nitrogens with zero attached hydrogens (tertiary/aromatic N) is 1. The number of hydrogen-bond donors (Lipinski definition) is 1. The molecule has 1 aromatic carbocycles. The van der Waals surface area contributed by atoms with Gasteiger partial charge in [-0.15, -0.1) is 0 Å². The Balaban J connectivity index is 2.69. The van der Waals surface area contributed by atoms with E-state index < -0.39 is 11.0 Å². The predicted octanol–water partition coefficient (Wildman–Crippen LogP) is 1.63. The summed E-state index contributed by atoms with van der Waals surface area (Å²) in [6.45, 7) is 3.98. The van der Waals surface area contributed by atoms with E-state index in [-0.39, 0.29) is 24.3 Å². The Labute approximate surface area is 134 Å². The molecule has 8 heteroatoms. The summed E-state index contributed by atoms with van der Waals surface area (Å²) in [6, 6.07) is 5.52. The third kappa shape index (κ3) is 6.72. The number of nitro benzene ring substituents is 1. The molecular formula is C15H22N2O6. The van der Waals surface area contributed by atoms with Gasteiger partial charge < -0.3 is 4.74 Å². The van der Waals surface area contributed by atoms with Crippen LogP contribution in [0.5, 0.6) is 0 Å². The molecule has 0 aliphatic carbocycles. The summed E-state index contributed by atoms with van der Waals surface area (Å²) in [5.74, 6) is -0.349. The van der Waals surface area contributed by atoms with Gasteiger partial charge in [-0.05, 0) is 25.8 Å². The Kier molecular flexibility index (Phi) is 8.17. The lowest BCUT2D eigenvalue weighted by atomic mass is 10.1. The van der Waals surface area contributed by atoms with Crippen LogP contribution in [-0.4, -0.2) is 43.3 Å². The molecule has 1 aromatic rings. The van der Waals surface area contributed by atoms with E-state index in [4.69, 9.17) is 9.62 Å². The van der Waals surface area contributed by atoms with Crippen molar-refractivity contribution >= 4 is 11.7 Å². The molecule has 0 saturated heterocycles. The minimum atomic E-state index is -0.501. The minimum absolute atomic E-state index is 0.0336. The van der Waals surface area contributed by atoms with E-state index in [9.17, 15) is 14.9 Å². The predicted molar refractivity (Wildman–Crippen MR) is 82.8 cm³/mol. The largest absolute Gasteiger partial charge is 0.465 e. The Morgan fingerprint density at radius 1 is 1.35 bits per heavy atom. The normalized spacial score (nSPS) is 13.3. The monoisotopic (exact) mass is 326 g/mol. The van der Waals surface area contributed by atoms with Crippen molar-refractivity contribution in [2.24, 2.45) is 0 Å². The van der Waals surface area contributed by atoms with Gasteiger partial charge >= 0.3 is 5.97 Å². The van der Waals surface area contributed by atoms with Crippen LogP contribution in [0, 0.1) is 10.1 Å². The average molecular weight is 326 g/mol. The van der Waals surface area contributed by atoms with Crippen LogP contribution in [0.15, 0.2) is 24.3 Å². The number of non-ortho nitro benzene ring substituents is 1. The summed E-state index contributed by atoms with van der Waals surface area (Å²) in [5.41, 5.74) is 0.912. The molecule has 0 aliphatic rings. The number of carbonyl (C=O) groups excluding carboxylic acids is 1. The van der Waals surface area contributed by atoms with Crippen molar-refractivity contribution in [3.05, 3.63) is 39.9 Å². The molecule has 0 fully saturated rings. The van der Waals surface area contributed by atoms with Crippen LogP contribution >= 0.6 is 0 Å². The number of hydrogen-bond acceptors (Lipinski definition) is 7. The van der Waals surface area contributed by atoms with Crippen LogP contribution in [0.1, 0.15) is 19.4 Å². The Bertz CT molecular complexity index is 505. The summed E-state index contributed by atoms with van der Waals surface area (Å²) in [6.07, 6.45) is 0.519. The van der Waals surface area contributed by atoms with Crippen molar-refractivity contribution in [1.29, 1.82) is 0 Å². The summed E-state index contributed by atoms with van der Waals surface area (Å²) in [4.78, 5) is 31.5. The highest BCUT2D eigenvalue weighted by Crippen LogP contribution is 2.13. The second-order valence-electron chi connectivity index (χ2n) is 4.92. The molecular weight excluding hydrogens is 304 g/mol. The molecule has 1 unspecified atom stereocenters. The van der Waals surface area contributed by atoms with Crippen molar-refractivity contribution in [3.63, 3.8) is 0 Å². The van der Waals surface area contributed by atoms with Crippen LogP contribution in [0.25, 0.3) is 0 Å². The first-order valence-electron chi connectivity index (χ1n) is 7.29. The van der Waals surface area contributed by atoms with Crippen molar-refractivity contribution in [3.8, 4) is 0 Å². The lowest BCUT2D eigenvalue weighted by molar-refractivity contribution is -0.384. The molecule has 128 valence electrons. The van der Waals surface area contributed by atoms with Crippen molar-refractivity contribution in [1.82, 2.24) is 5.32 Å². The van der Waals surface area contributed by atoms with Gasteiger partial charge in [0, 0.05) is 18.2 Å². The van der Waals surface area contributed by atoms with Gasteiger partial charge in [0.2, 0.25) is 0 Å². The standard InChI is InChI=1S/C15H22N2O6/c1-4-22-15(18)11(2)16-13(10-23-21-3)9-12-5-7-14(8-6-12)17(19)20/h5-8,11,13,16H,4,9-10H2,1-3H3/t11?,13-/m0/s1. The van der Waals surface area contributed by atoms with Gasteiger partial charge in [-0.3, -0.25) is 20.2 Å². The number of benzene rings is 1. The molecule has 0 saturated carbocycles. The summed E-state index contributed by atoms with van der Waals surface area (Å²) >= 11 is 0. The highest BCUT2D eigenvalue weighted by atomic mass is 17.2. The van der Waals surface area contributed by atoms with Gasteiger partial charge in [0.25, 0.3) is 5.69 Å². The van der Waals surface area contributed by atoms with Gasteiger partial charge in [-0.2, -0.15) is 0 Å². The molecule has 0 amide bonds. The molecule has 0 radical (unpaired) electrons. The molecule has 2 atom stereocenters. The second-order valence-corrected chi connectivity index (χ2v) is 4.92. The van der Waals surface area contributed by atoms with Crippen molar-refractivity contribution < 1.29 is 24.2 Å². The number of nitro groups is 1. The first-order valence-corrected chi connectivity index (χ1v) is 7.29. The average Bonchev–Trinajstić information content (AvgIpc) is 2.53. The van der Waals surface area contributed by atoms with Crippen LogP contribution < -0.4 is 5.32 Å². The van der Waals surface area contributed by atoms with Crippen LogP contribution in [0.3, 0.4) is 0 Å². The quantitative estimate of drug-likeness (QED) is 0.302. The fourth-order valence-electron chi connectivity index (χ4n) is 2.04. The maximum absolute atomic E-state index is 11.7. The first-order chi connectivity index (χ1) is 11.0. The van der Waals surface area contributed by atoms with Crippen LogP contribution in [-0.2, 0) is 25.7 Å². The van der Waals surface area contributed by atoms with E-state index in [1.54, 1.807) is 26.0 Å². The van der Waals surface area contributed by atoms with Crippen LogP contribution in [0.2, 0.25) is 0 Å². The van der Waals surface area contributed by atoms with Crippen molar-refractivity contribution in [2.75, 3.05) is 20.3 Å². The second kappa shape index (κ2) is 9.88. The topological polar surface area (TPSA) is 99.9 Å². The molecule has 1 rings (SSSR count). The van der Waals surface area contributed by atoms with Gasteiger partial charge in [0.05, 0.1) is 25.2 Å². The Morgan fingerprint density at radius 3 is 2.52 bits per heavy atom. The van der Waals surface area contributed by atoms with Gasteiger partial charge in [0.15, 0.2) is 0 Å². The molecule has 0 heterocycles. The SMILES string of the molecule is CCOC(=O)C(C)N[C@H](COOC)Cc1ccc([N+](=O)[O-])cc1. The first kappa shape index (κ1) is 19.0. The smallest absolute Gasteiger partial charge is 0.322 e. The molecule has 1 N–H and O–H groups in total. The third-order valence-corrected chi connectivity index (χ3v) is 3.14. The highest BCUT2D eigenvalue weighted by molar-refractivity contribution is 5.75. The molecule has 8 nitrogen and oxygen atoms in total. The third-order valence-electron chi connectivity index (χ3n) is 3.14. The lowest BCUT2D eigenvalue weighted by Gasteiger charge is -2.21. The fourth-order valence-corrected chi connectivity index (χ4v) is 2.04. The van der Waals surface area contributed by atoms with E-state index in [0.717, 1.165) is 5.56 Å². The molecule has 0 aromatic heterocycles. The Hall–Kier alpha value is -2.03. The lowest BCUT2D eigenvalue weighted by Crippen LogP contribution is -2.45. The zero-order valence-corrected chi connectivity index (χ0v) is 13.5. The zero-order valence-electron chi connectivity index (χ0n) is 13.5. The maximum Gasteiger partial charge on any atom is 0.322 e. The number of carbonyl (C=O) groups is 1. The molecule has 0 spiro atoms. The molecule has 0 aliphatic heterocycles. The van der Waals surface area contributed by atoms with E-state index in [1.165, 1.54) is 19.2 Å². The number of esters is 1. The maximum atomic E-state index is 11.7. The van der Waals surface area contributed by atoms with Gasteiger partial charge in [-0.25, -0.2) is 9.78 Å². The number of nitrogens with one attached hydrogen (secondary N) is 1. The van der Waals surface area contributed by atoms with E-state index in [1.807, 2.05) is 0 Å².